The molecule has 1 amide bonds. The number of hydrogen-bond acceptors (Lipinski definition) is 4. The van der Waals surface area contributed by atoms with Crippen LogP contribution in [0.4, 0.5) is 0 Å². The highest BCUT2D eigenvalue weighted by atomic mass is 16.5. The van der Waals surface area contributed by atoms with Gasteiger partial charge in [-0.3, -0.25) is 4.79 Å². The maximum Gasteiger partial charge on any atom is 0.277 e. The van der Waals surface area contributed by atoms with E-state index in [2.05, 4.69) is 17.5 Å². The van der Waals surface area contributed by atoms with Crippen molar-refractivity contribution in [3.8, 4) is 11.5 Å². The number of methoxy groups -OCH3 is 1. The maximum atomic E-state index is 11.9. The third-order valence-electron chi connectivity index (χ3n) is 3.70. The molecule has 0 aliphatic rings. The second-order valence-corrected chi connectivity index (χ2v) is 5.47. The highest BCUT2D eigenvalue weighted by Gasteiger charge is 2.07. The standard InChI is InChI=1S/C19H22N2O3/c1-13-9-10-16(11-14(13)2)15(3)20-21-19(22)12-24-18-8-6-5-7-17(18)23-4/h5-11H,12H2,1-4H3,(H,21,22)/b20-15-. The number of nitrogens with one attached hydrogen (secondary N) is 1. The molecular weight excluding hydrogens is 304 g/mol. The molecule has 0 unspecified atom stereocenters. The van der Waals surface area contributed by atoms with E-state index < -0.39 is 0 Å². The third-order valence-corrected chi connectivity index (χ3v) is 3.70. The van der Waals surface area contributed by atoms with E-state index in [0.717, 1.165) is 11.3 Å². The molecule has 0 bridgehead atoms. The van der Waals surface area contributed by atoms with Crippen LogP contribution >= 0.6 is 0 Å². The average molecular weight is 326 g/mol. The molecule has 0 atom stereocenters. The Morgan fingerprint density at radius 2 is 1.79 bits per heavy atom. The molecule has 0 aliphatic carbocycles. The first-order chi connectivity index (χ1) is 11.5. The zero-order valence-electron chi connectivity index (χ0n) is 14.4. The van der Waals surface area contributed by atoms with Crippen LogP contribution in [0, 0.1) is 13.8 Å². The van der Waals surface area contributed by atoms with Gasteiger partial charge < -0.3 is 9.47 Å². The molecule has 2 aromatic carbocycles. The first kappa shape index (κ1) is 17.5. The zero-order chi connectivity index (χ0) is 17.5. The Morgan fingerprint density at radius 3 is 2.46 bits per heavy atom. The van der Waals surface area contributed by atoms with Gasteiger partial charge in [-0.25, -0.2) is 5.43 Å². The lowest BCUT2D eigenvalue weighted by molar-refractivity contribution is -0.123. The summed E-state index contributed by atoms with van der Waals surface area (Å²) < 4.78 is 10.6. The van der Waals surface area contributed by atoms with Gasteiger partial charge in [-0.15, -0.1) is 0 Å². The maximum absolute atomic E-state index is 11.9. The number of amides is 1. The number of hydrazone groups is 1. The summed E-state index contributed by atoms with van der Waals surface area (Å²) in [5.74, 6) is 0.772. The molecule has 0 saturated heterocycles. The van der Waals surface area contributed by atoms with Crippen molar-refractivity contribution in [3.05, 3.63) is 59.2 Å². The van der Waals surface area contributed by atoms with E-state index in [4.69, 9.17) is 9.47 Å². The fourth-order valence-corrected chi connectivity index (χ4v) is 2.09. The largest absolute Gasteiger partial charge is 0.493 e. The third kappa shape index (κ3) is 4.59. The molecule has 0 aliphatic heterocycles. The summed E-state index contributed by atoms with van der Waals surface area (Å²) >= 11 is 0. The highest BCUT2D eigenvalue weighted by molar-refractivity contribution is 5.99. The minimum Gasteiger partial charge on any atom is -0.493 e. The quantitative estimate of drug-likeness (QED) is 0.655. The summed E-state index contributed by atoms with van der Waals surface area (Å²) in [5, 5.41) is 4.13. The second kappa shape index (κ2) is 8.15. The SMILES string of the molecule is COc1ccccc1OCC(=O)N/N=C(/C)c1ccc(C)c(C)c1. The number of hydrogen-bond donors (Lipinski definition) is 1. The predicted octanol–water partition coefficient (Wildman–Crippen LogP) is 3.23. The van der Waals surface area contributed by atoms with Crippen LogP contribution in [0.2, 0.25) is 0 Å². The van der Waals surface area contributed by atoms with E-state index in [1.165, 1.54) is 11.1 Å². The smallest absolute Gasteiger partial charge is 0.277 e. The summed E-state index contributed by atoms with van der Waals surface area (Å²) in [4.78, 5) is 11.9. The fraction of sp³-hybridized carbons (Fsp3) is 0.263. The molecule has 24 heavy (non-hydrogen) atoms. The van der Waals surface area contributed by atoms with Crippen molar-refractivity contribution in [1.82, 2.24) is 5.43 Å². The molecule has 5 nitrogen and oxygen atoms in total. The van der Waals surface area contributed by atoms with E-state index in [1.807, 2.05) is 44.2 Å². The van der Waals surface area contributed by atoms with Gasteiger partial charge in [0.1, 0.15) is 0 Å². The summed E-state index contributed by atoms with van der Waals surface area (Å²) in [7, 11) is 1.56. The van der Waals surface area contributed by atoms with Gasteiger partial charge in [0.2, 0.25) is 0 Å². The summed E-state index contributed by atoms with van der Waals surface area (Å²) in [6.45, 7) is 5.82. The van der Waals surface area contributed by atoms with Crippen molar-refractivity contribution in [1.29, 1.82) is 0 Å². The molecule has 126 valence electrons. The minimum absolute atomic E-state index is 0.135. The van der Waals surface area contributed by atoms with E-state index in [9.17, 15) is 4.79 Å². The Hall–Kier alpha value is -2.82. The lowest BCUT2D eigenvalue weighted by Gasteiger charge is -2.09. The molecule has 0 saturated carbocycles. The first-order valence-electron chi connectivity index (χ1n) is 7.68. The van der Waals surface area contributed by atoms with Crippen LogP contribution in [-0.2, 0) is 4.79 Å². The Balaban J connectivity index is 1.93. The summed E-state index contributed by atoms with van der Waals surface area (Å²) in [6, 6.07) is 13.2. The molecular formula is C19H22N2O3. The topological polar surface area (TPSA) is 59.9 Å². The van der Waals surface area contributed by atoms with Crippen molar-refractivity contribution in [3.63, 3.8) is 0 Å². The molecule has 1 N–H and O–H groups in total. The molecule has 5 heteroatoms. The van der Waals surface area contributed by atoms with Crippen LogP contribution in [0.1, 0.15) is 23.6 Å². The number of carbonyl (C=O) groups excluding carboxylic acids is 1. The van der Waals surface area contributed by atoms with Gasteiger partial charge in [-0.2, -0.15) is 5.10 Å². The number of para-hydroxylation sites is 2. The van der Waals surface area contributed by atoms with Crippen LogP contribution in [-0.4, -0.2) is 25.3 Å². The highest BCUT2D eigenvalue weighted by Crippen LogP contribution is 2.25. The Bertz CT molecular complexity index is 754. The number of benzene rings is 2. The molecule has 0 aromatic heterocycles. The van der Waals surface area contributed by atoms with Crippen LogP contribution in [0.3, 0.4) is 0 Å². The molecule has 2 rings (SSSR count). The number of rotatable bonds is 6. The molecule has 0 spiro atoms. The first-order valence-corrected chi connectivity index (χ1v) is 7.68. The summed E-state index contributed by atoms with van der Waals surface area (Å²) in [5.41, 5.74) is 6.63. The van der Waals surface area contributed by atoms with Gasteiger partial charge in [0.05, 0.1) is 12.8 Å². The van der Waals surface area contributed by atoms with Gasteiger partial charge in [0.15, 0.2) is 18.1 Å². The molecule has 0 radical (unpaired) electrons. The Kier molecular flexibility index (Phi) is 5.95. The summed E-state index contributed by atoms with van der Waals surface area (Å²) in [6.07, 6.45) is 0. The van der Waals surface area contributed by atoms with Gasteiger partial charge in [0.25, 0.3) is 5.91 Å². The number of nitrogens with zero attached hydrogens (tertiary/aromatic N) is 1. The predicted molar refractivity (Wildman–Crippen MR) is 94.8 cm³/mol. The molecule has 0 heterocycles. The number of ether oxygens (including phenoxy) is 2. The van der Waals surface area contributed by atoms with E-state index >= 15 is 0 Å². The van der Waals surface area contributed by atoms with Crippen LogP contribution in [0.25, 0.3) is 0 Å². The average Bonchev–Trinajstić information content (AvgIpc) is 2.60. The van der Waals surface area contributed by atoms with E-state index in [-0.39, 0.29) is 12.5 Å². The Morgan fingerprint density at radius 1 is 1.08 bits per heavy atom. The van der Waals surface area contributed by atoms with Crippen LogP contribution < -0.4 is 14.9 Å². The lowest BCUT2D eigenvalue weighted by Crippen LogP contribution is -2.25. The zero-order valence-corrected chi connectivity index (χ0v) is 14.4. The number of aryl methyl sites for hydroxylation is 2. The second-order valence-electron chi connectivity index (χ2n) is 5.47. The van der Waals surface area contributed by atoms with Crippen LogP contribution in [0.5, 0.6) is 11.5 Å². The van der Waals surface area contributed by atoms with Crippen molar-refractivity contribution in [2.75, 3.05) is 13.7 Å². The normalized spacial score (nSPS) is 11.1. The molecule has 0 fully saturated rings. The van der Waals surface area contributed by atoms with Crippen LogP contribution in [0.15, 0.2) is 47.6 Å². The van der Waals surface area contributed by atoms with Gasteiger partial charge in [-0.1, -0.05) is 24.3 Å². The minimum atomic E-state index is -0.330. The Labute approximate surface area is 142 Å². The van der Waals surface area contributed by atoms with Crippen molar-refractivity contribution >= 4 is 11.6 Å². The van der Waals surface area contributed by atoms with Crippen molar-refractivity contribution in [2.24, 2.45) is 5.10 Å². The monoisotopic (exact) mass is 326 g/mol. The lowest BCUT2D eigenvalue weighted by atomic mass is 10.0. The van der Waals surface area contributed by atoms with E-state index in [1.54, 1.807) is 19.2 Å². The van der Waals surface area contributed by atoms with Gasteiger partial charge in [-0.05, 0) is 55.7 Å². The van der Waals surface area contributed by atoms with E-state index in [0.29, 0.717) is 11.5 Å². The molecule has 2 aromatic rings. The number of carbonyl (C=O) groups is 1. The van der Waals surface area contributed by atoms with Gasteiger partial charge >= 0.3 is 0 Å². The van der Waals surface area contributed by atoms with Gasteiger partial charge in [0, 0.05) is 0 Å². The van der Waals surface area contributed by atoms with Crippen molar-refractivity contribution in [2.45, 2.75) is 20.8 Å². The van der Waals surface area contributed by atoms with Crippen molar-refractivity contribution < 1.29 is 14.3 Å². The fourth-order valence-electron chi connectivity index (χ4n) is 2.09.